The Kier molecular flexibility index (Phi) is 14.2. The zero-order chi connectivity index (χ0) is 33.8. The van der Waals surface area contributed by atoms with Crippen molar-refractivity contribution in [1.29, 1.82) is 0 Å². The van der Waals surface area contributed by atoms with Crippen LogP contribution in [0.2, 0.25) is 5.02 Å². The quantitative estimate of drug-likeness (QED) is 0.0653. The van der Waals surface area contributed by atoms with Crippen molar-refractivity contribution in [3.8, 4) is 33.9 Å². The fourth-order valence-electron chi connectivity index (χ4n) is 4.80. The van der Waals surface area contributed by atoms with Gasteiger partial charge in [-0.15, -0.1) is 0 Å². The van der Waals surface area contributed by atoms with Crippen LogP contribution in [-0.4, -0.2) is 72.6 Å². The maximum absolute atomic E-state index is 15.1. The molecular weight excluding hydrogens is 625 g/mol. The van der Waals surface area contributed by atoms with E-state index in [-0.39, 0.29) is 21.9 Å². The van der Waals surface area contributed by atoms with E-state index >= 15 is 4.39 Å². The van der Waals surface area contributed by atoms with Crippen molar-refractivity contribution in [1.82, 2.24) is 14.2 Å². The van der Waals surface area contributed by atoms with Gasteiger partial charge in [-0.2, -0.15) is 0 Å². The molecule has 0 bridgehead atoms. The Morgan fingerprint density at radius 1 is 1.04 bits per heavy atom. The van der Waals surface area contributed by atoms with E-state index in [9.17, 15) is 9.90 Å². The molecule has 1 heterocycles. The first-order chi connectivity index (χ1) is 22.0. The van der Waals surface area contributed by atoms with Crippen LogP contribution in [0.4, 0.5) is 15.8 Å². The van der Waals surface area contributed by atoms with E-state index in [0.29, 0.717) is 41.7 Å². The molecular formula is C35H45ClFN5O3S. The number of allylic oxidation sites excluding steroid dienone is 1. The average Bonchev–Trinajstić information content (AvgIpc) is 3.03. The number of aromatic hydroxyl groups is 1. The number of nitrogens with zero attached hydrogens (tertiary/aromatic N) is 5. The number of anilines is 2. The molecule has 0 saturated heterocycles. The summed E-state index contributed by atoms with van der Waals surface area (Å²) in [7, 11) is 5.24. The predicted molar refractivity (Wildman–Crippen MR) is 191 cm³/mol. The van der Waals surface area contributed by atoms with Crippen LogP contribution in [0.15, 0.2) is 67.1 Å². The van der Waals surface area contributed by atoms with Crippen molar-refractivity contribution in [3.05, 3.63) is 78.0 Å². The molecule has 1 amide bonds. The maximum Gasteiger partial charge on any atom is 0.237 e. The topological polar surface area (TPSA) is 72.4 Å². The maximum atomic E-state index is 15.1. The molecule has 0 aliphatic carbocycles. The number of hydrogen-bond acceptors (Lipinski definition) is 8. The molecule has 11 heteroatoms. The smallest absolute Gasteiger partial charge is 0.237 e. The first-order valence-corrected chi connectivity index (χ1v) is 16.1. The van der Waals surface area contributed by atoms with Gasteiger partial charge in [0.05, 0.1) is 17.8 Å². The Morgan fingerprint density at radius 3 is 2.37 bits per heavy atom. The van der Waals surface area contributed by atoms with Crippen molar-refractivity contribution >= 4 is 42.2 Å². The summed E-state index contributed by atoms with van der Waals surface area (Å²) < 4.78 is 22.8. The number of unbranched alkanes of at least 4 members (excludes halogenated alkanes) is 1. The number of carbonyl (C=O) groups excluding carboxylic acids is 1. The number of carbonyl (C=O) groups is 1. The second kappa shape index (κ2) is 17.8. The molecule has 3 aromatic rings. The number of hydrogen-bond donors (Lipinski definition) is 2. The second-order valence-corrected chi connectivity index (χ2v) is 12.3. The molecule has 1 aromatic heterocycles. The third-order valence-electron chi connectivity index (χ3n) is 7.27. The van der Waals surface area contributed by atoms with Crippen LogP contribution in [0.3, 0.4) is 0 Å². The molecule has 0 unspecified atom stereocenters. The summed E-state index contributed by atoms with van der Waals surface area (Å²) in [5.41, 5.74) is 2.75. The van der Waals surface area contributed by atoms with E-state index in [2.05, 4.69) is 55.6 Å². The number of phenols is 1. The van der Waals surface area contributed by atoms with E-state index in [0.717, 1.165) is 38.0 Å². The number of rotatable bonds is 17. The normalized spacial score (nSPS) is 11.6. The van der Waals surface area contributed by atoms with Crippen LogP contribution in [0.5, 0.6) is 11.6 Å². The Hall–Kier alpha value is -3.73. The highest BCUT2D eigenvalue weighted by molar-refractivity contribution is 7.77. The molecule has 0 aliphatic rings. The molecule has 1 N–H and O–H groups in total. The summed E-state index contributed by atoms with van der Waals surface area (Å²) in [4.78, 5) is 21.5. The Bertz CT molecular complexity index is 1520. The third kappa shape index (κ3) is 9.88. The van der Waals surface area contributed by atoms with Gasteiger partial charge in [-0.05, 0) is 69.0 Å². The summed E-state index contributed by atoms with van der Waals surface area (Å²) in [6.07, 6.45) is 12.6. The van der Waals surface area contributed by atoms with Crippen molar-refractivity contribution < 1.29 is 19.0 Å². The van der Waals surface area contributed by atoms with Crippen LogP contribution in [-0.2, 0) is 4.79 Å². The molecule has 0 spiro atoms. The minimum absolute atomic E-state index is 0.121. The van der Waals surface area contributed by atoms with Gasteiger partial charge in [-0.3, -0.25) is 14.0 Å². The lowest BCUT2D eigenvalue weighted by Crippen LogP contribution is -2.25. The van der Waals surface area contributed by atoms with Gasteiger partial charge in [0.2, 0.25) is 12.3 Å². The zero-order valence-corrected chi connectivity index (χ0v) is 29.1. The fraction of sp³-hybridized carbons (Fsp3) is 0.371. The van der Waals surface area contributed by atoms with Crippen molar-refractivity contribution in [2.75, 3.05) is 50.6 Å². The highest BCUT2D eigenvalue weighted by Crippen LogP contribution is 2.42. The molecule has 8 nitrogen and oxygen atoms in total. The predicted octanol–water partition coefficient (Wildman–Crippen LogP) is 8.03. The monoisotopic (exact) mass is 669 g/mol. The number of methoxy groups -OCH3 is 1. The number of halogens is 2. The van der Waals surface area contributed by atoms with Gasteiger partial charge in [0.1, 0.15) is 17.3 Å². The summed E-state index contributed by atoms with van der Waals surface area (Å²) in [5, 5.41) is 11.7. The second-order valence-electron chi connectivity index (χ2n) is 11.4. The van der Waals surface area contributed by atoms with E-state index in [1.54, 1.807) is 48.8 Å². The highest BCUT2D eigenvalue weighted by atomic mass is 35.5. The van der Waals surface area contributed by atoms with Crippen molar-refractivity contribution in [2.24, 2.45) is 0 Å². The summed E-state index contributed by atoms with van der Waals surface area (Å²) in [6, 6.07) is 9.73. The first kappa shape index (κ1) is 36.7. The van der Waals surface area contributed by atoms with Gasteiger partial charge in [-0.1, -0.05) is 49.6 Å². The van der Waals surface area contributed by atoms with Gasteiger partial charge < -0.3 is 19.6 Å². The lowest BCUT2D eigenvalue weighted by Gasteiger charge is -2.25. The summed E-state index contributed by atoms with van der Waals surface area (Å²) in [5.74, 6) is -0.214. The lowest BCUT2D eigenvalue weighted by molar-refractivity contribution is -0.107. The molecule has 0 saturated carbocycles. The highest BCUT2D eigenvalue weighted by Gasteiger charge is 2.19. The Labute approximate surface area is 283 Å². The summed E-state index contributed by atoms with van der Waals surface area (Å²) in [6.45, 7) is 8.63. The number of ether oxygens (including phenoxy) is 1. The number of benzene rings is 2. The van der Waals surface area contributed by atoms with E-state index < -0.39 is 5.82 Å². The summed E-state index contributed by atoms with van der Waals surface area (Å²) >= 11 is 11.1. The van der Waals surface area contributed by atoms with Crippen molar-refractivity contribution in [3.63, 3.8) is 0 Å². The van der Waals surface area contributed by atoms with Gasteiger partial charge in [0.25, 0.3) is 0 Å². The number of pyridine rings is 1. The number of amides is 1. The molecule has 0 aliphatic heterocycles. The Balaban J connectivity index is 1.94. The molecule has 2 aromatic carbocycles. The van der Waals surface area contributed by atoms with Crippen LogP contribution >= 0.6 is 24.4 Å². The molecule has 0 fully saturated rings. The molecule has 3 rings (SSSR count). The minimum Gasteiger partial charge on any atom is -0.507 e. The van der Waals surface area contributed by atoms with E-state index in [1.165, 1.54) is 17.0 Å². The fourth-order valence-corrected chi connectivity index (χ4v) is 5.22. The third-order valence-corrected chi connectivity index (χ3v) is 8.23. The average molecular weight is 670 g/mol. The van der Waals surface area contributed by atoms with Gasteiger partial charge in [-0.25, -0.2) is 9.37 Å². The Morgan fingerprint density at radius 2 is 1.76 bits per heavy atom. The molecule has 0 radical (unpaired) electrons. The van der Waals surface area contributed by atoms with Crippen LogP contribution in [0.1, 0.15) is 40.0 Å². The zero-order valence-electron chi connectivity index (χ0n) is 27.5. The minimum atomic E-state index is -0.533. The van der Waals surface area contributed by atoms with E-state index in [1.807, 2.05) is 24.5 Å². The van der Waals surface area contributed by atoms with Crippen molar-refractivity contribution in [2.45, 2.75) is 46.1 Å². The SMILES string of the molecule is CCCN(CC=CCCCN(S)C(C)C)c1cc(-c2cc(F)cc(-c3ccc(N(C=O)/C=C\N(C)C)c(Cl)c3)c2O)cnc1OC. The first-order valence-electron chi connectivity index (χ1n) is 15.3. The lowest BCUT2D eigenvalue weighted by atomic mass is 9.97. The van der Waals surface area contributed by atoms with E-state index in [4.69, 9.17) is 16.3 Å². The standard InChI is InChI=1S/C35H45ClFN5O3S/c1-7-14-40(15-10-8-9-11-16-42(46)25(2)3)33-20-27(23-38-35(33)45-6)30-22-28(37)21-29(34(30)44)26-12-13-32(31(36)19-26)41(24-43)18-17-39(4)5/h8,10,12-13,17-25,44,46H,7,9,11,14-16H2,1-6H3/b10-8?,18-17-. The van der Waals surface area contributed by atoms with Crippen LogP contribution < -0.4 is 14.5 Å². The largest absolute Gasteiger partial charge is 0.507 e. The van der Waals surface area contributed by atoms with Crippen LogP contribution in [0.25, 0.3) is 22.3 Å². The number of aromatic nitrogens is 1. The molecule has 248 valence electrons. The molecule has 46 heavy (non-hydrogen) atoms. The van der Waals surface area contributed by atoms with Gasteiger partial charge in [0.15, 0.2) is 0 Å². The van der Waals surface area contributed by atoms with Crippen LogP contribution in [0, 0.1) is 5.82 Å². The number of phenolic OH excluding ortho intramolecular Hbond substituents is 1. The number of thiol groups is 1. The molecule has 0 atom stereocenters. The van der Waals surface area contributed by atoms with Gasteiger partial charge >= 0.3 is 0 Å². The van der Waals surface area contributed by atoms with Gasteiger partial charge in [0, 0.05) is 75.1 Å².